The largest absolute Gasteiger partial charge is 0.480 e. The van der Waals surface area contributed by atoms with E-state index in [1.54, 1.807) is 0 Å². The summed E-state index contributed by atoms with van der Waals surface area (Å²) in [5.74, 6) is -0.995. The zero-order valence-corrected chi connectivity index (χ0v) is 10.9. The van der Waals surface area contributed by atoms with E-state index in [-0.39, 0.29) is 0 Å². The molecule has 0 amide bonds. The molecule has 1 aromatic carbocycles. The summed E-state index contributed by atoms with van der Waals surface area (Å²) in [5.41, 5.74) is 8.39. The number of aryl methyl sites for hydroxylation is 1. The van der Waals surface area contributed by atoms with Crippen LogP contribution in [0, 0.1) is 0 Å². The number of hydrogen-bond donors (Lipinski definition) is 3. The van der Waals surface area contributed by atoms with Gasteiger partial charge in [-0.1, -0.05) is 32.0 Å². The van der Waals surface area contributed by atoms with Gasteiger partial charge in [0, 0.05) is 0 Å². The summed E-state index contributed by atoms with van der Waals surface area (Å²) in [5, 5.41) is 18.7. The van der Waals surface area contributed by atoms with Crippen LogP contribution in [0.2, 0.25) is 0 Å². The van der Waals surface area contributed by atoms with Gasteiger partial charge < -0.3 is 15.9 Å². The van der Waals surface area contributed by atoms with E-state index in [0.717, 1.165) is 23.1 Å². The molecule has 18 heavy (non-hydrogen) atoms. The Hall–Kier alpha value is -1.39. The van der Waals surface area contributed by atoms with Gasteiger partial charge in [0.1, 0.15) is 6.04 Å². The van der Waals surface area contributed by atoms with Crippen molar-refractivity contribution in [3.05, 3.63) is 34.9 Å². The second-order valence-corrected chi connectivity index (χ2v) is 4.46. The Kier molecular flexibility index (Phi) is 5.31. The number of aliphatic carboxylic acids is 1. The molecule has 100 valence electrons. The SMILES string of the molecule is CCc1cc(C[C@H](N)C(=O)O)ccc1C(O)CC. The Morgan fingerprint density at radius 3 is 2.56 bits per heavy atom. The molecule has 0 bridgehead atoms. The molecular formula is C14H21NO3. The fourth-order valence-corrected chi connectivity index (χ4v) is 1.98. The third kappa shape index (κ3) is 3.55. The van der Waals surface area contributed by atoms with Crippen LogP contribution in [-0.4, -0.2) is 22.2 Å². The van der Waals surface area contributed by atoms with Gasteiger partial charge in [0.05, 0.1) is 6.10 Å². The number of carboxylic acids is 1. The molecule has 0 heterocycles. The summed E-state index contributed by atoms with van der Waals surface area (Å²) in [7, 11) is 0. The molecule has 1 aromatic rings. The third-order valence-electron chi connectivity index (χ3n) is 3.11. The van der Waals surface area contributed by atoms with Gasteiger partial charge in [-0.15, -0.1) is 0 Å². The lowest BCUT2D eigenvalue weighted by Gasteiger charge is -2.15. The molecule has 1 unspecified atom stereocenters. The van der Waals surface area contributed by atoms with E-state index in [4.69, 9.17) is 10.8 Å². The van der Waals surface area contributed by atoms with Crippen molar-refractivity contribution in [1.82, 2.24) is 0 Å². The molecule has 0 saturated heterocycles. The Labute approximate surface area is 107 Å². The summed E-state index contributed by atoms with van der Waals surface area (Å²) in [6, 6.07) is 4.78. The smallest absolute Gasteiger partial charge is 0.320 e. The first-order valence-electron chi connectivity index (χ1n) is 6.27. The van der Waals surface area contributed by atoms with Gasteiger partial charge in [0.25, 0.3) is 0 Å². The summed E-state index contributed by atoms with van der Waals surface area (Å²) >= 11 is 0. The van der Waals surface area contributed by atoms with Crippen LogP contribution in [0.3, 0.4) is 0 Å². The first-order chi connectivity index (χ1) is 8.49. The average molecular weight is 251 g/mol. The van der Waals surface area contributed by atoms with Crippen molar-refractivity contribution in [3.8, 4) is 0 Å². The van der Waals surface area contributed by atoms with Gasteiger partial charge in [-0.05, 0) is 36.0 Å². The molecule has 2 atom stereocenters. The number of benzene rings is 1. The zero-order valence-electron chi connectivity index (χ0n) is 10.9. The van der Waals surface area contributed by atoms with E-state index < -0.39 is 18.1 Å². The van der Waals surface area contributed by atoms with E-state index in [2.05, 4.69) is 0 Å². The minimum atomic E-state index is -0.995. The predicted octanol–water partition coefficient (Wildman–Crippen LogP) is 1.65. The molecular weight excluding hydrogens is 230 g/mol. The monoisotopic (exact) mass is 251 g/mol. The van der Waals surface area contributed by atoms with Crippen molar-refractivity contribution >= 4 is 5.97 Å². The predicted molar refractivity (Wildman–Crippen MR) is 70.4 cm³/mol. The molecule has 0 saturated carbocycles. The van der Waals surface area contributed by atoms with Crippen LogP contribution in [0.1, 0.15) is 43.1 Å². The highest BCUT2D eigenvalue weighted by atomic mass is 16.4. The van der Waals surface area contributed by atoms with E-state index >= 15 is 0 Å². The summed E-state index contributed by atoms with van der Waals surface area (Å²) in [6.07, 6.45) is 1.33. The summed E-state index contributed by atoms with van der Waals surface area (Å²) in [4.78, 5) is 10.7. The van der Waals surface area contributed by atoms with E-state index in [0.29, 0.717) is 12.8 Å². The normalized spacial score (nSPS) is 14.2. The Morgan fingerprint density at radius 2 is 2.06 bits per heavy atom. The summed E-state index contributed by atoms with van der Waals surface area (Å²) in [6.45, 7) is 3.94. The second-order valence-electron chi connectivity index (χ2n) is 4.46. The molecule has 0 spiro atoms. The van der Waals surface area contributed by atoms with Gasteiger partial charge in [-0.25, -0.2) is 0 Å². The van der Waals surface area contributed by atoms with Crippen molar-refractivity contribution in [2.24, 2.45) is 5.73 Å². The first-order valence-corrected chi connectivity index (χ1v) is 6.27. The highest BCUT2D eigenvalue weighted by Crippen LogP contribution is 2.23. The topological polar surface area (TPSA) is 83.6 Å². The molecule has 1 rings (SSSR count). The van der Waals surface area contributed by atoms with E-state index in [1.165, 1.54) is 0 Å². The molecule has 0 aliphatic carbocycles. The maximum absolute atomic E-state index is 10.7. The Morgan fingerprint density at radius 1 is 1.39 bits per heavy atom. The number of nitrogens with two attached hydrogens (primary N) is 1. The summed E-state index contributed by atoms with van der Waals surface area (Å²) < 4.78 is 0. The lowest BCUT2D eigenvalue weighted by Crippen LogP contribution is -2.32. The Balaban J connectivity index is 2.95. The van der Waals surface area contributed by atoms with Gasteiger partial charge in [0.2, 0.25) is 0 Å². The number of carboxylic acid groups (broad SMARTS) is 1. The maximum Gasteiger partial charge on any atom is 0.320 e. The minimum Gasteiger partial charge on any atom is -0.480 e. The highest BCUT2D eigenvalue weighted by molar-refractivity contribution is 5.73. The lowest BCUT2D eigenvalue weighted by atomic mass is 9.94. The van der Waals surface area contributed by atoms with Crippen LogP contribution in [0.5, 0.6) is 0 Å². The fraction of sp³-hybridized carbons (Fsp3) is 0.500. The van der Waals surface area contributed by atoms with Crippen LogP contribution in [0.15, 0.2) is 18.2 Å². The standard InChI is InChI=1S/C14H21NO3/c1-3-10-7-9(8-12(15)14(17)18)5-6-11(10)13(16)4-2/h5-7,12-13,16H,3-4,8,15H2,1-2H3,(H,17,18)/t12-,13?/m0/s1. The van der Waals surface area contributed by atoms with E-state index in [9.17, 15) is 9.90 Å². The lowest BCUT2D eigenvalue weighted by molar-refractivity contribution is -0.138. The molecule has 0 aliphatic heterocycles. The number of rotatable bonds is 6. The highest BCUT2D eigenvalue weighted by Gasteiger charge is 2.14. The Bertz CT molecular complexity index is 418. The molecule has 4 nitrogen and oxygen atoms in total. The molecule has 0 radical (unpaired) electrons. The molecule has 0 aliphatic rings. The molecule has 0 fully saturated rings. The first kappa shape index (κ1) is 14.7. The van der Waals surface area contributed by atoms with Crippen LogP contribution in [0.4, 0.5) is 0 Å². The van der Waals surface area contributed by atoms with Crippen LogP contribution in [0.25, 0.3) is 0 Å². The maximum atomic E-state index is 10.7. The molecule has 0 aromatic heterocycles. The van der Waals surface area contributed by atoms with Crippen LogP contribution >= 0.6 is 0 Å². The second kappa shape index (κ2) is 6.52. The number of carbonyl (C=O) groups is 1. The van der Waals surface area contributed by atoms with Crippen molar-refractivity contribution < 1.29 is 15.0 Å². The number of aliphatic hydroxyl groups is 1. The van der Waals surface area contributed by atoms with Crippen LogP contribution in [-0.2, 0) is 17.6 Å². The van der Waals surface area contributed by atoms with Gasteiger partial charge in [0.15, 0.2) is 0 Å². The van der Waals surface area contributed by atoms with Gasteiger partial charge in [-0.3, -0.25) is 4.79 Å². The average Bonchev–Trinajstić information content (AvgIpc) is 2.37. The quantitative estimate of drug-likeness (QED) is 0.717. The number of hydrogen-bond acceptors (Lipinski definition) is 3. The van der Waals surface area contributed by atoms with Crippen molar-refractivity contribution in [1.29, 1.82) is 0 Å². The van der Waals surface area contributed by atoms with Crippen molar-refractivity contribution in [3.63, 3.8) is 0 Å². The van der Waals surface area contributed by atoms with E-state index in [1.807, 2.05) is 32.0 Å². The minimum absolute atomic E-state index is 0.310. The van der Waals surface area contributed by atoms with Gasteiger partial charge >= 0.3 is 5.97 Å². The van der Waals surface area contributed by atoms with Crippen molar-refractivity contribution in [2.75, 3.05) is 0 Å². The van der Waals surface area contributed by atoms with Crippen molar-refractivity contribution in [2.45, 2.75) is 45.3 Å². The molecule has 4 heteroatoms. The van der Waals surface area contributed by atoms with Gasteiger partial charge in [-0.2, -0.15) is 0 Å². The van der Waals surface area contributed by atoms with Crippen LogP contribution < -0.4 is 5.73 Å². The fourth-order valence-electron chi connectivity index (χ4n) is 1.98. The third-order valence-corrected chi connectivity index (χ3v) is 3.11. The molecule has 4 N–H and O–H groups in total. The zero-order chi connectivity index (χ0) is 13.7. The number of aliphatic hydroxyl groups excluding tert-OH is 1.